The van der Waals surface area contributed by atoms with Crippen molar-refractivity contribution >= 4 is 11.7 Å². The van der Waals surface area contributed by atoms with Gasteiger partial charge < -0.3 is 10.0 Å². The zero-order valence-electron chi connectivity index (χ0n) is 12.3. The Hall–Kier alpha value is -2.02. The maximum atomic E-state index is 12.5. The third kappa shape index (κ3) is 2.61. The quantitative estimate of drug-likeness (QED) is 0.874. The second-order valence-corrected chi connectivity index (χ2v) is 5.63. The predicted octanol–water partition coefficient (Wildman–Crippen LogP) is 0.586. The normalized spacial score (nSPS) is 19.2. The van der Waals surface area contributed by atoms with Gasteiger partial charge in [-0.3, -0.25) is 4.79 Å². The van der Waals surface area contributed by atoms with Crippen LogP contribution in [0.15, 0.2) is 6.07 Å². The summed E-state index contributed by atoms with van der Waals surface area (Å²) in [5.74, 6) is 0.596. The first-order valence-electron chi connectivity index (χ1n) is 7.19. The van der Waals surface area contributed by atoms with E-state index in [0.29, 0.717) is 18.9 Å². The van der Waals surface area contributed by atoms with Gasteiger partial charge >= 0.3 is 0 Å². The predicted molar refractivity (Wildman–Crippen MR) is 76.0 cm³/mol. The molecule has 1 N–H and O–H groups in total. The highest BCUT2D eigenvalue weighted by Crippen LogP contribution is 2.17. The van der Waals surface area contributed by atoms with Crippen LogP contribution in [0.2, 0.25) is 0 Å². The van der Waals surface area contributed by atoms with Gasteiger partial charge in [0.05, 0.1) is 0 Å². The maximum Gasteiger partial charge on any atom is 0.293 e. The van der Waals surface area contributed by atoms with Crippen LogP contribution in [-0.2, 0) is 0 Å². The first kappa shape index (κ1) is 13.9. The minimum Gasteiger partial charge on any atom is -0.396 e. The van der Waals surface area contributed by atoms with E-state index >= 15 is 0 Å². The molecule has 0 aliphatic carbocycles. The molecule has 1 amide bonds. The first-order chi connectivity index (χ1) is 10.1. The molecule has 1 saturated heterocycles. The van der Waals surface area contributed by atoms with Crippen LogP contribution in [0.5, 0.6) is 0 Å². The van der Waals surface area contributed by atoms with E-state index < -0.39 is 0 Å². The molecule has 2 aromatic heterocycles. The molecule has 112 valence electrons. The molecular weight excluding hydrogens is 270 g/mol. The molecule has 0 bridgehead atoms. The fraction of sp³-hybridized carbons (Fsp3) is 0.571. The maximum absolute atomic E-state index is 12.5. The smallest absolute Gasteiger partial charge is 0.293 e. The number of hydrogen-bond donors (Lipinski definition) is 1. The molecule has 1 aliphatic rings. The van der Waals surface area contributed by atoms with Crippen LogP contribution in [0, 0.1) is 19.8 Å². The van der Waals surface area contributed by atoms with Gasteiger partial charge in [-0.1, -0.05) is 0 Å². The topological polar surface area (TPSA) is 83.6 Å². The van der Waals surface area contributed by atoms with E-state index in [4.69, 9.17) is 0 Å². The van der Waals surface area contributed by atoms with Crippen molar-refractivity contribution in [3.8, 4) is 0 Å². The molecule has 1 atom stereocenters. The summed E-state index contributed by atoms with van der Waals surface area (Å²) in [7, 11) is 0. The van der Waals surface area contributed by atoms with Gasteiger partial charge in [0, 0.05) is 31.1 Å². The Morgan fingerprint density at radius 1 is 1.43 bits per heavy atom. The summed E-state index contributed by atoms with van der Waals surface area (Å²) < 4.78 is 1.59. The van der Waals surface area contributed by atoms with Gasteiger partial charge in [0.2, 0.25) is 5.82 Å². The Labute approximate surface area is 122 Å². The van der Waals surface area contributed by atoms with Crippen molar-refractivity contribution in [3.63, 3.8) is 0 Å². The van der Waals surface area contributed by atoms with Crippen molar-refractivity contribution in [1.29, 1.82) is 0 Å². The molecule has 3 heterocycles. The molecule has 1 fully saturated rings. The Kier molecular flexibility index (Phi) is 3.59. The third-order valence-electron chi connectivity index (χ3n) is 3.87. The number of likely N-dealkylation sites (tertiary alicyclic amines) is 1. The van der Waals surface area contributed by atoms with Crippen molar-refractivity contribution in [3.05, 3.63) is 23.3 Å². The molecular formula is C14H19N5O2. The fourth-order valence-corrected chi connectivity index (χ4v) is 2.80. The zero-order valence-corrected chi connectivity index (χ0v) is 12.3. The van der Waals surface area contributed by atoms with Crippen LogP contribution in [0.3, 0.4) is 0 Å². The lowest BCUT2D eigenvalue weighted by Gasteiger charge is -2.30. The third-order valence-corrected chi connectivity index (χ3v) is 3.87. The number of piperidine rings is 1. The van der Waals surface area contributed by atoms with Gasteiger partial charge in [0.15, 0.2) is 0 Å². The van der Waals surface area contributed by atoms with Gasteiger partial charge in [-0.25, -0.2) is 9.50 Å². The summed E-state index contributed by atoms with van der Waals surface area (Å²) in [5, 5.41) is 13.5. The summed E-state index contributed by atoms with van der Waals surface area (Å²) in [4.78, 5) is 22.8. The number of rotatable bonds is 2. The molecule has 0 spiro atoms. The lowest BCUT2D eigenvalue weighted by Crippen LogP contribution is -2.41. The average Bonchev–Trinajstić information content (AvgIpc) is 2.90. The molecule has 1 aliphatic heterocycles. The standard InChI is InChI=1S/C14H19N5O2/c1-9-6-10(2)19-14(15-9)16-12(17-19)13(21)18-5-3-4-11(7-18)8-20/h6,11,20H,3-5,7-8H2,1-2H3. The van der Waals surface area contributed by atoms with Crippen LogP contribution < -0.4 is 0 Å². The van der Waals surface area contributed by atoms with E-state index in [9.17, 15) is 9.90 Å². The number of carbonyl (C=O) groups excluding carboxylic acids is 1. The Morgan fingerprint density at radius 2 is 2.24 bits per heavy atom. The zero-order chi connectivity index (χ0) is 15.0. The highest BCUT2D eigenvalue weighted by Gasteiger charge is 2.26. The molecule has 0 radical (unpaired) electrons. The molecule has 7 nitrogen and oxygen atoms in total. The second kappa shape index (κ2) is 5.40. The highest BCUT2D eigenvalue weighted by atomic mass is 16.3. The largest absolute Gasteiger partial charge is 0.396 e. The van der Waals surface area contributed by atoms with Gasteiger partial charge in [-0.15, -0.1) is 5.10 Å². The van der Waals surface area contributed by atoms with E-state index in [1.54, 1.807) is 9.42 Å². The fourth-order valence-electron chi connectivity index (χ4n) is 2.80. The molecule has 3 rings (SSSR count). The van der Waals surface area contributed by atoms with Crippen LogP contribution >= 0.6 is 0 Å². The van der Waals surface area contributed by atoms with Crippen LogP contribution in [0.4, 0.5) is 0 Å². The number of carbonyl (C=O) groups is 1. The van der Waals surface area contributed by atoms with Crippen LogP contribution in [-0.4, -0.2) is 55.2 Å². The SMILES string of the molecule is Cc1cc(C)n2nc(C(=O)N3CCCC(CO)C3)nc2n1. The number of amides is 1. The minimum atomic E-state index is -0.185. The highest BCUT2D eigenvalue weighted by molar-refractivity contribution is 5.91. The second-order valence-electron chi connectivity index (χ2n) is 5.63. The number of aromatic nitrogens is 4. The van der Waals surface area contributed by atoms with Crippen molar-refractivity contribution in [2.24, 2.45) is 5.92 Å². The van der Waals surface area contributed by atoms with E-state index in [2.05, 4.69) is 15.1 Å². The summed E-state index contributed by atoms with van der Waals surface area (Å²) in [6.07, 6.45) is 1.86. The molecule has 0 saturated carbocycles. The number of aliphatic hydroxyl groups is 1. The monoisotopic (exact) mass is 289 g/mol. The average molecular weight is 289 g/mol. The van der Waals surface area contributed by atoms with Crippen LogP contribution in [0.25, 0.3) is 5.78 Å². The molecule has 0 aromatic carbocycles. The van der Waals surface area contributed by atoms with E-state index in [1.165, 1.54) is 0 Å². The molecule has 1 unspecified atom stereocenters. The summed E-state index contributed by atoms with van der Waals surface area (Å²) >= 11 is 0. The Bertz CT molecular complexity index is 681. The van der Waals surface area contributed by atoms with Crippen molar-refractivity contribution in [1.82, 2.24) is 24.5 Å². The molecule has 7 heteroatoms. The number of fused-ring (bicyclic) bond motifs is 1. The Morgan fingerprint density at radius 3 is 3.00 bits per heavy atom. The van der Waals surface area contributed by atoms with Gasteiger partial charge in [0.1, 0.15) is 0 Å². The van der Waals surface area contributed by atoms with Gasteiger partial charge in [-0.05, 0) is 38.7 Å². The lowest BCUT2D eigenvalue weighted by atomic mass is 9.99. The summed E-state index contributed by atoms with van der Waals surface area (Å²) in [6, 6.07) is 1.90. The number of hydrogen-bond acceptors (Lipinski definition) is 5. The van der Waals surface area contributed by atoms with E-state index in [0.717, 1.165) is 24.2 Å². The number of nitrogens with zero attached hydrogens (tertiary/aromatic N) is 5. The molecule has 2 aromatic rings. The first-order valence-corrected chi connectivity index (χ1v) is 7.19. The summed E-state index contributed by atoms with van der Waals surface area (Å²) in [5.41, 5.74) is 1.75. The van der Waals surface area contributed by atoms with Gasteiger partial charge in [0.25, 0.3) is 11.7 Å². The van der Waals surface area contributed by atoms with Crippen molar-refractivity contribution in [2.45, 2.75) is 26.7 Å². The minimum absolute atomic E-state index is 0.113. The van der Waals surface area contributed by atoms with Crippen LogP contribution in [0.1, 0.15) is 34.8 Å². The Balaban J connectivity index is 1.89. The van der Waals surface area contributed by atoms with Crippen molar-refractivity contribution < 1.29 is 9.90 Å². The van der Waals surface area contributed by atoms with E-state index in [1.807, 2.05) is 19.9 Å². The summed E-state index contributed by atoms with van der Waals surface area (Å²) in [6.45, 7) is 5.17. The number of aryl methyl sites for hydroxylation is 2. The molecule has 21 heavy (non-hydrogen) atoms. The van der Waals surface area contributed by atoms with Gasteiger partial charge in [-0.2, -0.15) is 4.98 Å². The van der Waals surface area contributed by atoms with E-state index in [-0.39, 0.29) is 24.3 Å². The number of aliphatic hydroxyl groups excluding tert-OH is 1. The van der Waals surface area contributed by atoms with Crippen molar-refractivity contribution in [2.75, 3.05) is 19.7 Å². The lowest BCUT2D eigenvalue weighted by molar-refractivity contribution is 0.0609.